The molecule has 2 heterocycles. The molecule has 0 aromatic carbocycles. The number of nitrogens with zero attached hydrogens (tertiary/aromatic N) is 1. The van der Waals surface area contributed by atoms with Gasteiger partial charge in [0.1, 0.15) is 0 Å². The Bertz CT molecular complexity index is 383. The molecule has 0 saturated heterocycles. The summed E-state index contributed by atoms with van der Waals surface area (Å²) >= 11 is 4.10. The van der Waals surface area contributed by atoms with Gasteiger partial charge >= 0.3 is 0 Å². The Morgan fingerprint density at radius 1 is 1.37 bits per heavy atom. The first-order chi connectivity index (χ1) is 8.94. The Morgan fingerprint density at radius 3 is 2.84 bits per heavy atom. The van der Waals surface area contributed by atoms with Crippen LogP contribution in [-0.2, 0) is 18.7 Å². The molecule has 0 unspecified atom stereocenters. The number of thioether (sulfide) groups is 1. The first-order valence-corrected chi connectivity index (χ1v) is 9.03. The van der Waals surface area contributed by atoms with E-state index in [1.54, 1.807) is 10.4 Å². The maximum absolute atomic E-state index is 3.55. The predicted molar refractivity (Wildman–Crippen MR) is 88.3 cm³/mol. The quantitative estimate of drug-likeness (QED) is 0.897. The highest BCUT2D eigenvalue weighted by Gasteiger charge is 2.14. The fourth-order valence-corrected chi connectivity index (χ4v) is 4.71. The average molecular weight is 299 g/mol. The van der Waals surface area contributed by atoms with Gasteiger partial charge in [0.15, 0.2) is 0 Å². The minimum absolute atomic E-state index is 0.222. The third-order valence-electron chi connectivity index (χ3n) is 3.25. The van der Waals surface area contributed by atoms with Gasteiger partial charge in [0, 0.05) is 40.7 Å². The summed E-state index contributed by atoms with van der Waals surface area (Å²) in [5.41, 5.74) is 1.82. The van der Waals surface area contributed by atoms with Gasteiger partial charge in [0.2, 0.25) is 0 Å². The number of fused-ring (bicyclic) bond motifs is 1. The van der Waals surface area contributed by atoms with Crippen molar-refractivity contribution in [2.24, 2.45) is 0 Å². The van der Waals surface area contributed by atoms with Crippen LogP contribution in [0.3, 0.4) is 0 Å². The van der Waals surface area contributed by atoms with Crippen molar-refractivity contribution in [3.8, 4) is 0 Å². The number of rotatable bonds is 5. The molecule has 0 bridgehead atoms. The molecule has 19 heavy (non-hydrogen) atoms. The Morgan fingerprint density at radius 2 is 2.16 bits per heavy atom. The average Bonchev–Trinajstić information content (AvgIpc) is 2.68. The van der Waals surface area contributed by atoms with Crippen LogP contribution >= 0.6 is 23.1 Å². The maximum atomic E-state index is 3.55. The summed E-state index contributed by atoms with van der Waals surface area (Å²) in [6.45, 7) is 9.91. The molecule has 0 saturated carbocycles. The van der Waals surface area contributed by atoms with Crippen molar-refractivity contribution in [3.05, 3.63) is 21.4 Å². The van der Waals surface area contributed by atoms with Crippen molar-refractivity contribution in [1.82, 2.24) is 10.2 Å². The summed E-state index contributed by atoms with van der Waals surface area (Å²) in [7, 11) is 2.22. The van der Waals surface area contributed by atoms with E-state index in [1.165, 1.54) is 22.8 Å². The first kappa shape index (κ1) is 15.4. The van der Waals surface area contributed by atoms with Gasteiger partial charge in [-0.25, -0.2) is 0 Å². The van der Waals surface area contributed by atoms with Gasteiger partial charge in [-0.1, -0.05) is 0 Å². The zero-order valence-corrected chi connectivity index (χ0v) is 14.2. The van der Waals surface area contributed by atoms with Crippen molar-refractivity contribution >= 4 is 23.1 Å². The molecule has 4 heteroatoms. The highest BCUT2D eigenvalue weighted by atomic mass is 32.2. The van der Waals surface area contributed by atoms with Crippen LogP contribution < -0.4 is 5.32 Å². The molecule has 1 aromatic heterocycles. The van der Waals surface area contributed by atoms with Crippen LogP contribution in [0, 0.1) is 0 Å². The molecule has 0 radical (unpaired) electrons. The largest absolute Gasteiger partial charge is 0.311 e. The normalized spacial score (nSPS) is 15.8. The van der Waals surface area contributed by atoms with Crippen LogP contribution in [0.4, 0.5) is 0 Å². The lowest BCUT2D eigenvalue weighted by atomic mass is 10.1. The molecule has 0 fully saturated rings. The van der Waals surface area contributed by atoms with Crippen LogP contribution in [0.15, 0.2) is 6.07 Å². The third kappa shape index (κ3) is 5.10. The SMILES string of the molecule is CN(CCNC(C)(C)C)Cc1cc2c(s1)CCSC2. The topological polar surface area (TPSA) is 15.3 Å². The molecule has 1 aromatic rings. The number of likely N-dealkylation sites (N-methyl/N-ethyl adjacent to an activating group) is 1. The van der Waals surface area contributed by atoms with Crippen LogP contribution in [0.25, 0.3) is 0 Å². The van der Waals surface area contributed by atoms with E-state index in [0.29, 0.717) is 0 Å². The summed E-state index contributed by atoms with van der Waals surface area (Å²) < 4.78 is 0. The Balaban J connectivity index is 1.78. The van der Waals surface area contributed by atoms with E-state index < -0.39 is 0 Å². The minimum atomic E-state index is 0.222. The molecule has 0 aliphatic carbocycles. The summed E-state index contributed by atoms with van der Waals surface area (Å²) in [5.74, 6) is 2.53. The lowest BCUT2D eigenvalue weighted by Crippen LogP contribution is -2.40. The molecule has 1 N–H and O–H groups in total. The summed E-state index contributed by atoms with van der Waals surface area (Å²) in [5, 5.41) is 3.55. The lowest BCUT2D eigenvalue weighted by Gasteiger charge is -2.23. The summed E-state index contributed by atoms with van der Waals surface area (Å²) in [4.78, 5) is 5.59. The zero-order chi connectivity index (χ0) is 13.9. The Labute approximate surface area is 126 Å². The zero-order valence-electron chi connectivity index (χ0n) is 12.6. The van der Waals surface area contributed by atoms with Crippen molar-refractivity contribution in [2.45, 2.75) is 45.0 Å². The van der Waals surface area contributed by atoms with E-state index in [1.807, 2.05) is 11.3 Å². The van der Waals surface area contributed by atoms with Gasteiger partial charge in [-0.3, -0.25) is 0 Å². The van der Waals surface area contributed by atoms with Crippen LogP contribution in [0.5, 0.6) is 0 Å². The number of nitrogens with one attached hydrogen (secondary N) is 1. The van der Waals surface area contributed by atoms with E-state index in [9.17, 15) is 0 Å². The standard InChI is InChI=1S/C15H26N2S2/c1-15(2,3)16-6-7-17(4)10-13-9-12-11-18-8-5-14(12)19-13/h9,16H,5-8,10-11H2,1-4H3. The van der Waals surface area contributed by atoms with E-state index in [2.05, 4.69) is 55.9 Å². The first-order valence-electron chi connectivity index (χ1n) is 7.06. The second kappa shape index (κ2) is 6.61. The number of hydrogen-bond donors (Lipinski definition) is 1. The number of aryl methyl sites for hydroxylation is 1. The summed E-state index contributed by atoms with van der Waals surface area (Å²) in [6.07, 6.45) is 1.28. The molecule has 1 aliphatic rings. The van der Waals surface area contributed by atoms with Crippen molar-refractivity contribution in [1.29, 1.82) is 0 Å². The Hall–Kier alpha value is -0.0300. The molecule has 108 valence electrons. The maximum Gasteiger partial charge on any atom is 0.0325 e. The fraction of sp³-hybridized carbons (Fsp3) is 0.733. The number of hydrogen-bond acceptors (Lipinski definition) is 4. The molecule has 0 atom stereocenters. The van der Waals surface area contributed by atoms with Gasteiger partial charge in [-0.2, -0.15) is 11.8 Å². The van der Waals surface area contributed by atoms with Crippen LogP contribution in [0.1, 0.15) is 36.1 Å². The smallest absolute Gasteiger partial charge is 0.0325 e. The lowest BCUT2D eigenvalue weighted by molar-refractivity contribution is 0.305. The molecule has 1 aliphatic heterocycles. The predicted octanol–water partition coefficient (Wildman–Crippen LogP) is 3.36. The molecule has 2 rings (SSSR count). The van der Waals surface area contributed by atoms with Crippen molar-refractivity contribution in [3.63, 3.8) is 0 Å². The van der Waals surface area contributed by atoms with E-state index in [0.717, 1.165) is 19.6 Å². The van der Waals surface area contributed by atoms with Gasteiger partial charge in [0.05, 0.1) is 0 Å². The van der Waals surface area contributed by atoms with Crippen LogP contribution in [-0.4, -0.2) is 36.3 Å². The molecule has 0 spiro atoms. The summed E-state index contributed by atoms with van der Waals surface area (Å²) in [6, 6.07) is 2.43. The van der Waals surface area contributed by atoms with Crippen molar-refractivity contribution in [2.75, 3.05) is 25.9 Å². The highest BCUT2D eigenvalue weighted by molar-refractivity contribution is 7.98. The van der Waals surface area contributed by atoms with Gasteiger partial charge < -0.3 is 10.2 Å². The minimum Gasteiger partial charge on any atom is -0.311 e. The van der Waals surface area contributed by atoms with Gasteiger partial charge in [0.25, 0.3) is 0 Å². The molecule has 2 nitrogen and oxygen atoms in total. The molecule has 0 amide bonds. The van der Waals surface area contributed by atoms with Gasteiger partial charge in [-0.05, 0) is 51.6 Å². The monoisotopic (exact) mass is 298 g/mol. The highest BCUT2D eigenvalue weighted by Crippen LogP contribution is 2.32. The Kier molecular flexibility index (Phi) is 5.35. The van der Waals surface area contributed by atoms with E-state index >= 15 is 0 Å². The number of thiophene rings is 1. The van der Waals surface area contributed by atoms with Crippen LogP contribution in [0.2, 0.25) is 0 Å². The molecular weight excluding hydrogens is 272 g/mol. The fourth-order valence-electron chi connectivity index (χ4n) is 2.25. The van der Waals surface area contributed by atoms with Gasteiger partial charge in [-0.15, -0.1) is 11.3 Å². The third-order valence-corrected chi connectivity index (χ3v) is 5.48. The second-order valence-electron chi connectivity index (χ2n) is 6.38. The van der Waals surface area contributed by atoms with Crippen molar-refractivity contribution < 1.29 is 0 Å². The van der Waals surface area contributed by atoms with E-state index in [4.69, 9.17) is 0 Å². The van der Waals surface area contributed by atoms with E-state index in [-0.39, 0.29) is 5.54 Å². The molecular formula is C15H26N2S2. The second-order valence-corrected chi connectivity index (χ2v) is 8.70.